The average Bonchev–Trinajstić information content (AvgIpc) is 1.65. The first-order chi connectivity index (χ1) is 2.81. The number of rotatable bonds is 2. The van der Waals surface area contributed by atoms with E-state index in [1.54, 1.807) is 7.11 Å². The van der Waals surface area contributed by atoms with E-state index in [-0.39, 0.29) is 8.30 Å². The predicted octanol–water partition coefficient (Wildman–Crippen LogP) is 0.794. The van der Waals surface area contributed by atoms with Gasteiger partial charge < -0.3 is 4.52 Å². The zero-order valence-electron chi connectivity index (χ0n) is 4.36. The molecule has 0 aliphatic carbocycles. The lowest BCUT2D eigenvalue weighted by molar-refractivity contribution is 0.459. The standard InChI is InChI=1S/C3H10NOP/c1-4-6(3)5-2/h4H,1-3H3. The smallest absolute Gasteiger partial charge is 0.0971 e. The Labute approximate surface area is 39.8 Å². The van der Waals surface area contributed by atoms with E-state index in [0.29, 0.717) is 0 Å². The largest absolute Gasteiger partial charge is 0.347 e. The van der Waals surface area contributed by atoms with Gasteiger partial charge in [0.2, 0.25) is 0 Å². The first-order valence-corrected chi connectivity index (χ1v) is 3.47. The van der Waals surface area contributed by atoms with Gasteiger partial charge in [-0.1, -0.05) is 0 Å². The molecule has 6 heavy (non-hydrogen) atoms. The van der Waals surface area contributed by atoms with Gasteiger partial charge in [0.1, 0.15) is 0 Å². The van der Waals surface area contributed by atoms with Crippen molar-refractivity contribution < 1.29 is 4.52 Å². The van der Waals surface area contributed by atoms with Crippen molar-refractivity contribution >= 4 is 8.30 Å². The van der Waals surface area contributed by atoms with E-state index in [2.05, 4.69) is 5.09 Å². The SMILES string of the molecule is CNP(C)OC. The van der Waals surface area contributed by atoms with E-state index in [1.165, 1.54) is 0 Å². The molecule has 0 heterocycles. The van der Waals surface area contributed by atoms with Crippen LogP contribution in [0.25, 0.3) is 0 Å². The Kier molecular flexibility index (Phi) is 3.74. The van der Waals surface area contributed by atoms with E-state index in [9.17, 15) is 0 Å². The fraction of sp³-hybridized carbons (Fsp3) is 1.00. The summed E-state index contributed by atoms with van der Waals surface area (Å²) in [5.74, 6) is 0. The van der Waals surface area contributed by atoms with Crippen LogP contribution in [-0.2, 0) is 4.52 Å². The summed E-state index contributed by atoms with van der Waals surface area (Å²) in [6, 6.07) is 0. The van der Waals surface area contributed by atoms with Crippen LogP contribution in [0.15, 0.2) is 0 Å². The summed E-state index contributed by atoms with van der Waals surface area (Å²) in [4.78, 5) is 0. The highest BCUT2D eigenvalue weighted by molar-refractivity contribution is 7.49. The predicted molar refractivity (Wildman–Crippen MR) is 28.9 cm³/mol. The van der Waals surface area contributed by atoms with Crippen LogP contribution in [0.2, 0.25) is 0 Å². The quantitative estimate of drug-likeness (QED) is 0.527. The highest BCUT2D eigenvalue weighted by Crippen LogP contribution is 2.21. The first kappa shape index (κ1) is 6.35. The molecule has 0 saturated heterocycles. The second-order valence-corrected chi connectivity index (χ2v) is 2.71. The number of hydrogen-bond acceptors (Lipinski definition) is 2. The molecular weight excluding hydrogens is 97.0 g/mol. The Balaban J connectivity index is 2.75. The molecule has 1 N–H and O–H groups in total. The van der Waals surface area contributed by atoms with E-state index < -0.39 is 0 Å². The summed E-state index contributed by atoms with van der Waals surface area (Å²) in [6.45, 7) is 2.01. The van der Waals surface area contributed by atoms with Crippen molar-refractivity contribution in [2.45, 2.75) is 0 Å². The monoisotopic (exact) mass is 107 g/mol. The molecule has 0 aliphatic heterocycles. The molecule has 0 fully saturated rings. The summed E-state index contributed by atoms with van der Waals surface area (Å²) >= 11 is 0. The number of hydrogen-bond donors (Lipinski definition) is 1. The molecule has 3 heteroatoms. The Bertz CT molecular complexity index is 30.0. The average molecular weight is 107 g/mol. The lowest BCUT2D eigenvalue weighted by Gasteiger charge is -2.03. The minimum Gasteiger partial charge on any atom is -0.347 e. The van der Waals surface area contributed by atoms with E-state index in [4.69, 9.17) is 4.52 Å². The molecule has 0 radical (unpaired) electrons. The Morgan fingerprint density at radius 3 is 2.17 bits per heavy atom. The van der Waals surface area contributed by atoms with Crippen LogP contribution in [-0.4, -0.2) is 20.8 Å². The van der Waals surface area contributed by atoms with Crippen molar-refractivity contribution in [2.75, 3.05) is 20.8 Å². The Morgan fingerprint density at radius 2 is 2.17 bits per heavy atom. The van der Waals surface area contributed by atoms with E-state index in [1.807, 2.05) is 13.7 Å². The van der Waals surface area contributed by atoms with Gasteiger partial charge in [0, 0.05) is 7.11 Å². The molecular formula is C3H10NOP. The van der Waals surface area contributed by atoms with Crippen molar-refractivity contribution in [2.24, 2.45) is 0 Å². The summed E-state index contributed by atoms with van der Waals surface area (Å²) in [5.41, 5.74) is 0. The Morgan fingerprint density at radius 1 is 1.67 bits per heavy atom. The first-order valence-electron chi connectivity index (χ1n) is 1.76. The third-order valence-corrected chi connectivity index (χ3v) is 1.77. The molecule has 0 aromatic rings. The van der Waals surface area contributed by atoms with Crippen LogP contribution in [0.1, 0.15) is 0 Å². The molecule has 1 atom stereocenters. The van der Waals surface area contributed by atoms with Crippen molar-refractivity contribution in [3.8, 4) is 0 Å². The molecule has 0 saturated carbocycles. The molecule has 0 bridgehead atoms. The second kappa shape index (κ2) is 3.54. The van der Waals surface area contributed by atoms with Gasteiger partial charge >= 0.3 is 0 Å². The molecule has 0 aliphatic rings. The lowest BCUT2D eigenvalue weighted by atomic mass is 11.6. The van der Waals surface area contributed by atoms with Gasteiger partial charge in [-0.2, -0.15) is 0 Å². The van der Waals surface area contributed by atoms with Crippen LogP contribution >= 0.6 is 8.30 Å². The molecule has 0 spiro atoms. The normalized spacial score (nSPS) is 14.5. The second-order valence-electron chi connectivity index (χ2n) is 0.904. The molecule has 0 amide bonds. The molecule has 38 valence electrons. The fourth-order valence-electron chi connectivity index (χ4n) is 0.0913. The maximum absolute atomic E-state index is 4.85. The fourth-order valence-corrected chi connectivity index (χ4v) is 0.274. The van der Waals surface area contributed by atoms with Gasteiger partial charge in [-0.15, -0.1) is 0 Å². The summed E-state index contributed by atoms with van der Waals surface area (Å²) in [7, 11) is 3.25. The van der Waals surface area contributed by atoms with Gasteiger partial charge in [0.05, 0.1) is 8.30 Å². The highest BCUT2D eigenvalue weighted by atomic mass is 31.2. The third-order valence-electron chi connectivity index (χ3n) is 0.589. The highest BCUT2D eigenvalue weighted by Gasteiger charge is 1.86. The van der Waals surface area contributed by atoms with Crippen molar-refractivity contribution in [3.63, 3.8) is 0 Å². The third kappa shape index (κ3) is 2.58. The van der Waals surface area contributed by atoms with Crippen molar-refractivity contribution in [1.82, 2.24) is 5.09 Å². The van der Waals surface area contributed by atoms with Gasteiger partial charge in [0.25, 0.3) is 0 Å². The molecule has 2 nitrogen and oxygen atoms in total. The lowest BCUT2D eigenvalue weighted by Crippen LogP contribution is -1.95. The zero-order valence-corrected chi connectivity index (χ0v) is 5.25. The van der Waals surface area contributed by atoms with Crippen LogP contribution in [0.5, 0.6) is 0 Å². The Hall–Kier alpha value is 0.350. The van der Waals surface area contributed by atoms with Crippen LogP contribution in [0.3, 0.4) is 0 Å². The number of nitrogens with one attached hydrogen (secondary N) is 1. The molecule has 1 unspecified atom stereocenters. The minimum atomic E-state index is -0.326. The zero-order chi connectivity index (χ0) is 4.99. The summed E-state index contributed by atoms with van der Waals surface area (Å²) in [6.07, 6.45) is 0. The van der Waals surface area contributed by atoms with Crippen LogP contribution in [0, 0.1) is 0 Å². The van der Waals surface area contributed by atoms with Crippen LogP contribution in [0.4, 0.5) is 0 Å². The molecule has 0 aromatic heterocycles. The van der Waals surface area contributed by atoms with Gasteiger partial charge in [0.15, 0.2) is 0 Å². The van der Waals surface area contributed by atoms with E-state index in [0.717, 1.165) is 0 Å². The molecule has 0 rings (SSSR count). The van der Waals surface area contributed by atoms with Gasteiger partial charge in [-0.25, -0.2) is 0 Å². The van der Waals surface area contributed by atoms with Gasteiger partial charge in [-0.3, -0.25) is 5.09 Å². The minimum absolute atomic E-state index is 0.326. The van der Waals surface area contributed by atoms with Crippen molar-refractivity contribution in [3.05, 3.63) is 0 Å². The van der Waals surface area contributed by atoms with Crippen LogP contribution < -0.4 is 5.09 Å². The van der Waals surface area contributed by atoms with E-state index >= 15 is 0 Å². The summed E-state index contributed by atoms with van der Waals surface area (Å²) < 4.78 is 4.85. The maximum atomic E-state index is 4.85. The van der Waals surface area contributed by atoms with Gasteiger partial charge in [-0.05, 0) is 13.7 Å². The molecule has 0 aromatic carbocycles. The topological polar surface area (TPSA) is 21.3 Å². The summed E-state index contributed by atoms with van der Waals surface area (Å²) in [5, 5.41) is 2.96. The van der Waals surface area contributed by atoms with Crippen molar-refractivity contribution in [1.29, 1.82) is 0 Å². The maximum Gasteiger partial charge on any atom is 0.0971 e.